The van der Waals surface area contributed by atoms with Crippen LogP contribution >= 0.6 is 33.9 Å². The molecule has 0 aliphatic heterocycles. The Labute approximate surface area is 128 Å². The van der Waals surface area contributed by atoms with E-state index in [-0.39, 0.29) is 24.0 Å². The van der Waals surface area contributed by atoms with Crippen molar-refractivity contribution in [2.45, 2.75) is 0 Å². The molecule has 0 saturated carbocycles. The van der Waals surface area contributed by atoms with Crippen LogP contribution in [0.3, 0.4) is 0 Å². The molecule has 0 unspecified atom stereocenters. The van der Waals surface area contributed by atoms with Gasteiger partial charge in [0.05, 0.1) is 0 Å². The summed E-state index contributed by atoms with van der Waals surface area (Å²) in [5.41, 5.74) is 2.16. The van der Waals surface area contributed by atoms with Crippen LogP contribution in [0.1, 0.15) is 0 Å². The van der Waals surface area contributed by atoms with E-state index in [1.807, 2.05) is 6.07 Å². The van der Waals surface area contributed by atoms with E-state index in [9.17, 15) is 0 Å². The van der Waals surface area contributed by atoms with Gasteiger partial charge in [-0.25, -0.2) is 4.98 Å². The van der Waals surface area contributed by atoms with Gasteiger partial charge < -0.3 is 24.0 Å². The first-order valence-corrected chi connectivity index (χ1v) is 6.51. The number of para-hydroxylation sites is 1. The molecule has 0 bridgehead atoms. The van der Waals surface area contributed by atoms with Crippen molar-refractivity contribution in [2.75, 3.05) is 0 Å². The first kappa shape index (κ1) is 12.4. The molecule has 1 nitrogen and oxygen atoms in total. The highest BCUT2D eigenvalue weighted by molar-refractivity contribution is 14.1. The molecule has 3 rings (SSSR count). The smallest absolute Gasteiger partial charge is 0.258 e. The Balaban J connectivity index is 0.000000963. The molecular formula is C12H7I2NS. The van der Waals surface area contributed by atoms with Crippen molar-refractivity contribution in [2.24, 2.45) is 0 Å². The van der Waals surface area contributed by atoms with Crippen LogP contribution in [0.5, 0.6) is 0 Å². The zero-order valence-electron chi connectivity index (χ0n) is 8.15. The molecule has 1 aromatic heterocycles. The van der Waals surface area contributed by atoms with E-state index < -0.39 is 0 Å². The maximum atomic E-state index is 4.63. The zero-order chi connectivity index (χ0) is 10.3. The summed E-state index contributed by atoms with van der Waals surface area (Å²) in [4.78, 5) is 4.63. The van der Waals surface area contributed by atoms with Crippen LogP contribution in [-0.4, -0.2) is 4.98 Å². The summed E-state index contributed by atoms with van der Waals surface area (Å²) in [5.74, 6) is 0. The van der Waals surface area contributed by atoms with E-state index in [1.165, 1.54) is 13.0 Å². The number of halogens is 2. The van der Waals surface area contributed by atoms with Gasteiger partial charge in [-0.15, -0.1) is 0 Å². The van der Waals surface area contributed by atoms with Crippen LogP contribution in [0, 0.1) is 3.57 Å². The normalized spacial score (nSPS) is 10.3. The Morgan fingerprint density at radius 3 is 2.56 bits per heavy atom. The van der Waals surface area contributed by atoms with Crippen molar-refractivity contribution in [1.82, 2.24) is 4.98 Å². The van der Waals surface area contributed by atoms with Gasteiger partial charge in [0.2, 0.25) is 11.3 Å². The fourth-order valence-corrected chi connectivity index (χ4v) is 3.25. The molecule has 80 valence electrons. The van der Waals surface area contributed by atoms with Gasteiger partial charge in [-0.3, -0.25) is 0 Å². The molecule has 1 heterocycles. The monoisotopic (exact) mass is 451 g/mol. The van der Waals surface area contributed by atoms with Crippen LogP contribution in [-0.2, 0) is 0 Å². The summed E-state index contributed by atoms with van der Waals surface area (Å²) in [7, 11) is 0. The number of rotatable bonds is 0. The van der Waals surface area contributed by atoms with E-state index in [4.69, 9.17) is 0 Å². The van der Waals surface area contributed by atoms with Gasteiger partial charge in [0.15, 0.2) is 0 Å². The molecule has 0 amide bonds. The summed E-state index contributed by atoms with van der Waals surface area (Å²) < 4.78 is 3.75. The third-order valence-electron chi connectivity index (χ3n) is 2.25. The molecule has 2 aromatic carbocycles. The van der Waals surface area contributed by atoms with E-state index in [2.05, 4.69) is 64.0 Å². The zero-order valence-corrected chi connectivity index (χ0v) is 13.3. The Morgan fingerprint density at radius 1 is 0.938 bits per heavy atom. The Bertz CT molecular complexity index is 655. The Morgan fingerprint density at radius 2 is 1.69 bits per heavy atom. The summed E-state index contributed by atoms with van der Waals surface area (Å²) in [6.07, 6.45) is 0. The van der Waals surface area contributed by atoms with E-state index in [1.54, 1.807) is 11.3 Å². The minimum Gasteiger partial charge on any atom is -1.00 e. The quantitative estimate of drug-likeness (QED) is 0.286. The number of nitrogens with zero attached hydrogens (tertiary/aromatic N) is 1. The fourth-order valence-electron chi connectivity index (χ4n) is 1.55. The lowest BCUT2D eigenvalue weighted by molar-refractivity contribution is -0.00000270. The van der Waals surface area contributed by atoms with Gasteiger partial charge >= 0.3 is 0 Å². The van der Waals surface area contributed by atoms with Crippen molar-refractivity contribution in [3.63, 3.8) is 0 Å². The van der Waals surface area contributed by atoms with Gasteiger partial charge in [0.1, 0.15) is 11.0 Å². The molecule has 0 aliphatic rings. The molecule has 3 aromatic rings. The van der Waals surface area contributed by atoms with E-state index in [0.29, 0.717) is 0 Å². The molecule has 0 fully saturated rings. The fraction of sp³-hybridized carbons (Fsp3) is 0. The van der Waals surface area contributed by atoms with Crippen molar-refractivity contribution >= 4 is 54.4 Å². The lowest BCUT2D eigenvalue weighted by Gasteiger charge is -1.92. The van der Waals surface area contributed by atoms with Gasteiger partial charge in [-0.1, -0.05) is 12.1 Å². The number of benzene rings is 2. The van der Waals surface area contributed by atoms with E-state index in [0.717, 1.165) is 11.0 Å². The predicted octanol–water partition coefficient (Wildman–Crippen LogP) is 1.34. The maximum Gasteiger partial charge on any atom is 0.258 e. The highest BCUT2D eigenvalue weighted by Crippen LogP contribution is 2.26. The average Bonchev–Trinajstić information content (AvgIpc) is 2.26. The Kier molecular flexibility index (Phi) is 3.91. The summed E-state index contributed by atoms with van der Waals surface area (Å²) in [6, 6.07) is 14.6. The van der Waals surface area contributed by atoms with Crippen LogP contribution in [0.15, 0.2) is 42.5 Å². The van der Waals surface area contributed by atoms with Crippen molar-refractivity contribution in [1.29, 1.82) is 0 Å². The second kappa shape index (κ2) is 5.05. The molecule has 0 N–H and O–H groups in total. The number of hydrogen-bond acceptors (Lipinski definition) is 1. The molecule has 0 atom stereocenters. The first-order valence-electron chi connectivity index (χ1n) is 4.61. The molecular weight excluding hydrogens is 444 g/mol. The van der Waals surface area contributed by atoms with Crippen molar-refractivity contribution in [3.8, 4) is 0 Å². The third kappa shape index (κ3) is 2.28. The van der Waals surface area contributed by atoms with Crippen LogP contribution < -0.4 is 24.0 Å². The van der Waals surface area contributed by atoms with Gasteiger partial charge in [0.25, 0.3) is 9.40 Å². The molecule has 0 aliphatic carbocycles. The molecule has 0 radical (unpaired) electrons. The predicted molar refractivity (Wildman–Crippen MR) is 74.3 cm³/mol. The van der Waals surface area contributed by atoms with Crippen LogP contribution in [0.2, 0.25) is 0 Å². The summed E-state index contributed by atoms with van der Waals surface area (Å²) in [5, 5.41) is 0. The lowest BCUT2D eigenvalue weighted by Crippen LogP contribution is -3.00. The van der Waals surface area contributed by atoms with Crippen molar-refractivity contribution < 1.29 is 24.0 Å². The molecule has 16 heavy (non-hydrogen) atoms. The second-order valence-corrected chi connectivity index (χ2v) is 5.62. The van der Waals surface area contributed by atoms with Gasteiger partial charge in [0, 0.05) is 15.7 Å². The van der Waals surface area contributed by atoms with Gasteiger partial charge in [-0.05, 0) is 40.8 Å². The molecule has 0 saturated heterocycles. The third-order valence-corrected chi connectivity index (χ3v) is 4.03. The number of aromatic nitrogens is 1. The minimum absolute atomic E-state index is 0. The average molecular weight is 451 g/mol. The summed E-state index contributed by atoms with van der Waals surface area (Å²) >= 11 is 4.13. The highest BCUT2D eigenvalue weighted by Gasteiger charge is 2.11. The van der Waals surface area contributed by atoms with Crippen LogP contribution in [0.25, 0.3) is 20.4 Å². The standard InChI is InChI=1S/C12H7INS.HI/c13-8-5-6-10-12(7-8)15-11-4-2-1-3-9(11)14-10;/h1-7H;1H/q+1;/p-1. The lowest BCUT2D eigenvalue weighted by atomic mass is 10.3. The highest BCUT2D eigenvalue weighted by atomic mass is 127. The molecule has 0 spiro atoms. The Hall–Kier alpha value is -0.0800. The molecule has 4 heteroatoms. The SMILES string of the molecule is Ic1ccc2nc3ccccc3[s+]c2c1.[I-]. The minimum atomic E-state index is 0. The van der Waals surface area contributed by atoms with Gasteiger partial charge in [-0.2, -0.15) is 0 Å². The van der Waals surface area contributed by atoms with E-state index >= 15 is 0 Å². The van der Waals surface area contributed by atoms with Crippen molar-refractivity contribution in [3.05, 3.63) is 46.0 Å². The topological polar surface area (TPSA) is 12.9 Å². The second-order valence-electron chi connectivity index (χ2n) is 3.29. The summed E-state index contributed by atoms with van der Waals surface area (Å²) in [6.45, 7) is 0. The largest absolute Gasteiger partial charge is 1.00 e. The number of fused-ring (bicyclic) bond motifs is 2. The maximum absolute atomic E-state index is 4.63. The number of hydrogen-bond donors (Lipinski definition) is 0. The van der Waals surface area contributed by atoms with Crippen LogP contribution in [0.4, 0.5) is 0 Å². The first-order chi connectivity index (χ1) is 7.33.